The van der Waals surface area contributed by atoms with Gasteiger partial charge in [-0.05, 0) is 61.6 Å². The minimum atomic E-state index is -3.52. The van der Waals surface area contributed by atoms with E-state index in [2.05, 4.69) is 5.32 Å². The van der Waals surface area contributed by atoms with Crippen molar-refractivity contribution in [2.24, 2.45) is 0 Å². The van der Waals surface area contributed by atoms with Crippen molar-refractivity contribution in [1.29, 1.82) is 0 Å². The number of carbonyl (C=O) groups is 1. The maximum atomic E-state index is 13.1. The highest BCUT2D eigenvalue weighted by Crippen LogP contribution is 2.27. The van der Waals surface area contributed by atoms with Crippen LogP contribution in [-0.4, -0.2) is 62.9 Å². The van der Waals surface area contributed by atoms with Crippen LogP contribution in [0.2, 0.25) is 0 Å². The van der Waals surface area contributed by atoms with Gasteiger partial charge in [0, 0.05) is 37.9 Å². The number of ether oxygens (including phenoxy) is 1. The first-order valence-corrected chi connectivity index (χ1v) is 12.1. The zero-order valence-corrected chi connectivity index (χ0v) is 18.8. The van der Waals surface area contributed by atoms with Crippen molar-refractivity contribution in [2.45, 2.75) is 37.1 Å². The monoisotopic (exact) mass is 443 g/mol. The number of aryl methyl sites for hydroxylation is 2. The molecule has 166 valence electrons. The third kappa shape index (κ3) is 4.61. The number of nitrogens with one attached hydrogen (secondary N) is 1. The zero-order chi connectivity index (χ0) is 22.0. The van der Waals surface area contributed by atoms with Crippen LogP contribution in [0, 0.1) is 0 Å². The molecule has 0 radical (unpaired) electrons. The number of sulfonamides is 1. The lowest BCUT2D eigenvalue weighted by Crippen LogP contribution is -2.53. The molecule has 1 fully saturated rings. The molecule has 1 N–H and O–H groups in total. The van der Waals surface area contributed by atoms with Gasteiger partial charge in [-0.15, -0.1) is 0 Å². The largest absolute Gasteiger partial charge is 0.497 e. The van der Waals surface area contributed by atoms with E-state index >= 15 is 0 Å². The number of fused-ring (bicyclic) bond motifs is 1. The van der Waals surface area contributed by atoms with Gasteiger partial charge in [0.05, 0.1) is 18.0 Å². The summed E-state index contributed by atoms with van der Waals surface area (Å²) in [5.41, 5.74) is 3.09. The van der Waals surface area contributed by atoms with Crippen LogP contribution >= 0.6 is 0 Å². The van der Waals surface area contributed by atoms with E-state index in [0.29, 0.717) is 42.5 Å². The Labute approximate surface area is 184 Å². The predicted octanol–water partition coefficient (Wildman–Crippen LogP) is 2.52. The quantitative estimate of drug-likeness (QED) is 0.742. The van der Waals surface area contributed by atoms with Crippen LogP contribution in [-0.2, 0) is 27.7 Å². The fraction of sp³-hybridized carbons (Fsp3) is 0.435. The summed E-state index contributed by atoms with van der Waals surface area (Å²) < 4.78 is 33.0. The number of hydrogen-bond donors (Lipinski definition) is 1. The van der Waals surface area contributed by atoms with E-state index in [1.54, 1.807) is 19.2 Å². The number of rotatable bonds is 6. The number of anilines is 1. The molecule has 0 aromatic heterocycles. The summed E-state index contributed by atoms with van der Waals surface area (Å²) in [6.07, 6.45) is 3.07. The fourth-order valence-electron chi connectivity index (χ4n) is 4.30. The number of benzene rings is 2. The Kier molecular flexibility index (Phi) is 6.31. The predicted molar refractivity (Wildman–Crippen MR) is 120 cm³/mol. The zero-order valence-electron chi connectivity index (χ0n) is 18.0. The van der Waals surface area contributed by atoms with E-state index in [9.17, 15) is 13.2 Å². The molecule has 8 heteroatoms. The van der Waals surface area contributed by atoms with Gasteiger partial charge in [-0.25, -0.2) is 8.42 Å². The van der Waals surface area contributed by atoms with Gasteiger partial charge in [0.2, 0.25) is 15.9 Å². The van der Waals surface area contributed by atoms with Gasteiger partial charge in [-0.2, -0.15) is 4.31 Å². The van der Waals surface area contributed by atoms with Crippen LogP contribution in [0.15, 0.2) is 47.4 Å². The summed E-state index contributed by atoms with van der Waals surface area (Å²) in [5.74, 6) is 0.555. The highest BCUT2D eigenvalue weighted by atomic mass is 32.2. The number of carbonyl (C=O) groups excluding carboxylic acids is 1. The second kappa shape index (κ2) is 8.98. The molecular formula is C23H29N3O4S. The first kappa shape index (κ1) is 21.8. The standard InChI is InChI=1S/C23H29N3O4S/c1-17(23(27)24-20-7-4-8-21(16-20)30-2)25-11-13-26(14-12-25)31(28,29)22-10-9-18-5-3-6-19(18)15-22/h4,7-10,15-17H,3,5-6,11-14H2,1-2H3,(H,24,27). The summed E-state index contributed by atoms with van der Waals surface area (Å²) in [4.78, 5) is 15.1. The third-order valence-electron chi connectivity index (χ3n) is 6.25. The average Bonchev–Trinajstić information content (AvgIpc) is 3.27. The molecule has 0 spiro atoms. The van der Waals surface area contributed by atoms with Crippen molar-refractivity contribution in [3.63, 3.8) is 0 Å². The van der Waals surface area contributed by atoms with E-state index in [4.69, 9.17) is 4.74 Å². The molecule has 0 bridgehead atoms. The second-order valence-corrected chi connectivity index (χ2v) is 10.1. The molecule has 1 unspecified atom stereocenters. The van der Waals surface area contributed by atoms with Gasteiger partial charge in [-0.3, -0.25) is 9.69 Å². The summed E-state index contributed by atoms with van der Waals surface area (Å²) in [5, 5.41) is 2.91. The first-order chi connectivity index (χ1) is 14.9. The van der Waals surface area contributed by atoms with Crippen molar-refractivity contribution in [2.75, 3.05) is 38.6 Å². The van der Waals surface area contributed by atoms with Crippen LogP contribution in [0.3, 0.4) is 0 Å². The van der Waals surface area contributed by atoms with Gasteiger partial charge in [0.15, 0.2) is 0 Å². The lowest BCUT2D eigenvalue weighted by molar-refractivity contribution is -0.121. The van der Waals surface area contributed by atoms with E-state index in [-0.39, 0.29) is 11.9 Å². The van der Waals surface area contributed by atoms with Crippen molar-refractivity contribution >= 4 is 21.6 Å². The molecule has 1 aliphatic carbocycles. The highest BCUT2D eigenvalue weighted by Gasteiger charge is 2.32. The summed E-state index contributed by atoms with van der Waals surface area (Å²) in [6, 6.07) is 12.4. The number of piperazine rings is 1. The first-order valence-electron chi connectivity index (χ1n) is 10.7. The van der Waals surface area contributed by atoms with E-state index in [1.807, 2.05) is 42.2 Å². The molecule has 2 aliphatic rings. The Morgan fingerprint density at radius 2 is 1.77 bits per heavy atom. The number of hydrogen-bond acceptors (Lipinski definition) is 5. The Balaban J connectivity index is 1.36. The van der Waals surface area contributed by atoms with Crippen molar-refractivity contribution in [1.82, 2.24) is 9.21 Å². The van der Waals surface area contributed by atoms with Gasteiger partial charge >= 0.3 is 0 Å². The Bertz CT molecular complexity index is 1060. The van der Waals surface area contributed by atoms with Gasteiger partial charge in [0.1, 0.15) is 5.75 Å². The molecule has 1 aliphatic heterocycles. The SMILES string of the molecule is COc1cccc(NC(=O)C(C)N2CCN(S(=O)(=O)c3ccc4c(c3)CCC4)CC2)c1. The normalized spacial score (nSPS) is 18.4. The highest BCUT2D eigenvalue weighted by molar-refractivity contribution is 7.89. The van der Waals surface area contributed by atoms with E-state index < -0.39 is 10.0 Å². The molecule has 1 amide bonds. The Morgan fingerprint density at radius 1 is 1.03 bits per heavy atom. The van der Waals surface area contributed by atoms with Crippen LogP contribution in [0.4, 0.5) is 5.69 Å². The number of amides is 1. The van der Waals surface area contributed by atoms with Crippen molar-refractivity contribution < 1.29 is 17.9 Å². The van der Waals surface area contributed by atoms with Crippen molar-refractivity contribution in [3.05, 3.63) is 53.6 Å². The molecular weight excluding hydrogens is 414 g/mol. The minimum Gasteiger partial charge on any atom is -0.497 e. The van der Waals surface area contributed by atoms with Crippen LogP contribution < -0.4 is 10.1 Å². The van der Waals surface area contributed by atoms with Gasteiger partial charge in [0.25, 0.3) is 0 Å². The summed E-state index contributed by atoms with van der Waals surface area (Å²) >= 11 is 0. The fourth-order valence-corrected chi connectivity index (χ4v) is 5.78. The molecule has 31 heavy (non-hydrogen) atoms. The van der Waals surface area contributed by atoms with Crippen LogP contribution in [0.25, 0.3) is 0 Å². The van der Waals surface area contributed by atoms with Crippen LogP contribution in [0.5, 0.6) is 5.75 Å². The van der Waals surface area contributed by atoms with Gasteiger partial charge < -0.3 is 10.1 Å². The lowest BCUT2D eigenvalue weighted by atomic mass is 10.1. The van der Waals surface area contributed by atoms with Crippen LogP contribution in [0.1, 0.15) is 24.5 Å². The van der Waals surface area contributed by atoms with E-state index in [1.165, 1.54) is 9.87 Å². The van der Waals surface area contributed by atoms with E-state index in [0.717, 1.165) is 24.8 Å². The van der Waals surface area contributed by atoms with Crippen molar-refractivity contribution in [3.8, 4) is 5.75 Å². The molecule has 1 heterocycles. The molecule has 2 aromatic rings. The molecule has 4 rings (SSSR count). The smallest absolute Gasteiger partial charge is 0.243 e. The maximum absolute atomic E-state index is 13.1. The van der Waals surface area contributed by atoms with Gasteiger partial charge in [-0.1, -0.05) is 12.1 Å². The number of methoxy groups -OCH3 is 1. The summed E-state index contributed by atoms with van der Waals surface area (Å²) in [6.45, 7) is 3.61. The topological polar surface area (TPSA) is 79.0 Å². The Hall–Kier alpha value is -2.42. The second-order valence-electron chi connectivity index (χ2n) is 8.12. The average molecular weight is 444 g/mol. The molecule has 1 atom stereocenters. The summed E-state index contributed by atoms with van der Waals surface area (Å²) in [7, 11) is -1.93. The third-order valence-corrected chi connectivity index (χ3v) is 8.14. The molecule has 0 saturated carbocycles. The number of nitrogens with zero attached hydrogens (tertiary/aromatic N) is 2. The minimum absolute atomic E-state index is 0.122. The molecule has 7 nitrogen and oxygen atoms in total. The maximum Gasteiger partial charge on any atom is 0.243 e. The molecule has 1 saturated heterocycles. The molecule has 2 aromatic carbocycles. The Morgan fingerprint density at radius 3 is 2.52 bits per heavy atom. The lowest BCUT2D eigenvalue weighted by Gasteiger charge is -2.36.